The monoisotopic (exact) mass is 276 g/mol. The lowest BCUT2D eigenvalue weighted by Gasteiger charge is -2.27. The number of guanidine groups is 1. The van der Waals surface area contributed by atoms with Gasteiger partial charge in [-0.15, -0.1) is 10.2 Å². The van der Waals surface area contributed by atoms with E-state index < -0.39 is 0 Å². The summed E-state index contributed by atoms with van der Waals surface area (Å²) in [6.45, 7) is 2.40. The lowest BCUT2D eigenvalue weighted by Crippen LogP contribution is -2.42. The molecule has 0 saturated carbocycles. The van der Waals surface area contributed by atoms with Gasteiger partial charge in [0.25, 0.3) is 0 Å². The SMILES string of the molecule is NC(=NCc1nnc2ccccn12)N1CCSCC1. The van der Waals surface area contributed by atoms with Crippen molar-refractivity contribution in [1.82, 2.24) is 19.5 Å². The summed E-state index contributed by atoms with van der Waals surface area (Å²) in [6.07, 6.45) is 1.94. The number of aliphatic imine (C=N–C) groups is 1. The van der Waals surface area contributed by atoms with Gasteiger partial charge in [0.05, 0.1) is 0 Å². The molecule has 1 fully saturated rings. The quantitative estimate of drug-likeness (QED) is 0.642. The summed E-state index contributed by atoms with van der Waals surface area (Å²) in [5.41, 5.74) is 6.85. The minimum absolute atomic E-state index is 0.459. The van der Waals surface area contributed by atoms with E-state index in [1.165, 1.54) is 0 Å². The average Bonchev–Trinajstić information content (AvgIpc) is 2.89. The summed E-state index contributed by atoms with van der Waals surface area (Å²) in [4.78, 5) is 6.55. The molecule has 0 aromatic carbocycles. The normalized spacial score (nSPS) is 17.1. The van der Waals surface area contributed by atoms with Crippen LogP contribution >= 0.6 is 11.8 Å². The van der Waals surface area contributed by atoms with Crippen LogP contribution in [-0.2, 0) is 6.54 Å². The first-order valence-electron chi connectivity index (χ1n) is 6.26. The van der Waals surface area contributed by atoms with Crippen molar-refractivity contribution in [3.05, 3.63) is 30.2 Å². The number of aromatic nitrogens is 3. The largest absolute Gasteiger partial charge is 0.370 e. The van der Waals surface area contributed by atoms with E-state index in [2.05, 4.69) is 20.1 Å². The Balaban J connectivity index is 1.74. The van der Waals surface area contributed by atoms with Gasteiger partial charge in [0.2, 0.25) is 0 Å². The highest BCUT2D eigenvalue weighted by atomic mass is 32.2. The van der Waals surface area contributed by atoms with Crippen molar-refractivity contribution in [3.63, 3.8) is 0 Å². The molecule has 6 nitrogen and oxygen atoms in total. The Kier molecular flexibility index (Phi) is 3.54. The van der Waals surface area contributed by atoms with E-state index in [1.54, 1.807) is 0 Å². The van der Waals surface area contributed by atoms with Crippen LogP contribution in [0.2, 0.25) is 0 Å². The minimum Gasteiger partial charge on any atom is -0.370 e. The number of nitrogens with zero attached hydrogens (tertiary/aromatic N) is 5. The standard InChI is InChI=1S/C12H16N6S/c13-12(17-5-7-19-8-6-17)14-9-11-16-15-10-3-1-2-4-18(10)11/h1-4H,5-9H2,(H2,13,14). The molecule has 0 bridgehead atoms. The summed E-state index contributed by atoms with van der Waals surface area (Å²) < 4.78 is 1.93. The highest BCUT2D eigenvalue weighted by Gasteiger charge is 2.12. The van der Waals surface area contributed by atoms with E-state index in [0.717, 1.165) is 36.1 Å². The Morgan fingerprint density at radius 2 is 2.16 bits per heavy atom. The minimum atomic E-state index is 0.459. The van der Waals surface area contributed by atoms with Gasteiger partial charge in [-0.25, -0.2) is 4.99 Å². The fourth-order valence-electron chi connectivity index (χ4n) is 2.04. The van der Waals surface area contributed by atoms with Crippen molar-refractivity contribution in [2.24, 2.45) is 10.7 Å². The molecule has 1 aliphatic rings. The van der Waals surface area contributed by atoms with Crippen LogP contribution in [0.1, 0.15) is 5.82 Å². The molecule has 0 spiro atoms. The third-order valence-electron chi connectivity index (χ3n) is 3.10. The number of fused-ring (bicyclic) bond motifs is 1. The van der Waals surface area contributed by atoms with Gasteiger partial charge < -0.3 is 10.6 Å². The van der Waals surface area contributed by atoms with Gasteiger partial charge in [-0.05, 0) is 12.1 Å². The topological polar surface area (TPSA) is 71.8 Å². The van der Waals surface area contributed by atoms with E-state index in [9.17, 15) is 0 Å². The second-order valence-electron chi connectivity index (χ2n) is 4.32. The van der Waals surface area contributed by atoms with Crippen molar-refractivity contribution in [3.8, 4) is 0 Å². The highest BCUT2D eigenvalue weighted by Crippen LogP contribution is 2.09. The summed E-state index contributed by atoms with van der Waals surface area (Å²) >= 11 is 1.96. The van der Waals surface area contributed by atoms with Crippen LogP contribution in [0.5, 0.6) is 0 Å². The summed E-state index contributed by atoms with van der Waals surface area (Å²) in [5.74, 6) is 3.65. The van der Waals surface area contributed by atoms with Gasteiger partial charge in [-0.3, -0.25) is 4.40 Å². The number of hydrogen-bond donors (Lipinski definition) is 1. The van der Waals surface area contributed by atoms with Gasteiger partial charge in [0.15, 0.2) is 17.4 Å². The molecule has 1 aliphatic heterocycles. The molecule has 2 aromatic heterocycles. The van der Waals surface area contributed by atoms with E-state index in [-0.39, 0.29) is 0 Å². The zero-order chi connectivity index (χ0) is 13.1. The second kappa shape index (κ2) is 5.48. The van der Waals surface area contributed by atoms with Crippen LogP contribution in [0.25, 0.3) is 5.65 Å². The van der Waals surface area contributed by atoms with Crippen molar-refractivity contribution in [1.29, 1.82) is 0 Å². The molecule has 0 atom stereocenters. The molecular formula is C12H16N6S. The first-order chi connectivity index (χ1) is 9.34. The molecule has 2 N–H and O–H groups in total. The van der Waals surface area contributed by atoms with Crippen LogP contribution in [0.3, 0.4) is 0 Å². The summed E-state index contributed by atoms with van der Waals surface area (Å²) in [5, 5.41) is 8.24. The fourth-order valence-corrected chi connectivity index (χ4v) is 2.95. The maximum atomic E-state index is 6.02. The van der Waals surface area contributed by atoms with Crippen LogP contribution < -0.4 is 5.73 Å². The molecule has 3 rings (SSSR count). The highest BCUT2D eigenvalue weighted by molar-refractivity contribution is 7.99. The Morgan fingerprint density at radius 1 is 1.32 bits per heavy atom. The van der Waals surface area contributed by atoms with Crippen molar-refractivity contribution < 1.29 is 0 Å². The average molecular weight is 276 g/mol. The molecule has 3 heterocycles. The van der Waals surface area contributed by atoms with E-state index in [4.69, 9.17) is 5.73 Å². The number of hydrogen-bond acceptors (Lipinski definition) is 4. The third-order valence-corrected chi connectivity index (χ3v) is 4.04. The Labute approximate surface area is 115 Å². The van der Waals surface area contributed by atoms with Crippen molar-refractivity contribution in [2.45, 2.75) is 6.54 Å². The number of thioether (sulfide) groups is 1. The molecule has 19 heavy (non-hydrogen) atoms. The van der Waals surface area contributed by atoms with Crippen LogP contribution in [0.15, 0.2) is 29.4 Å². The van der Waals surface area contributed by atoms with Gasteiger partial charge >= 0.3 is 0 Å². The van der Waals surface area contributed by atoms with Gasteiger partial charge in [0, 0.05) is 30.8 Å². The maximum absolute atomic E-state index is 6.02. The fraction of sp³-hybridized carbons (Fsp3) is 0.417. The first-order valence-corrected chi connectivity index (χ1v) is 7.41. The molecule has 2 aromatic rings. The zero-order valence-electron chi connectivity index (χ0n) is 10.6. The lowest BCUT2D eigenvalue weighted by molar-refractivity contribution is 0.455. The van der Waals surface area contributed by atoms with Crippen molar-refractivity contribution >= 4 is 23.4 Å². The molecular weight excluding hydrogens is 260 g/mol. The lowest BCUT2D eigenvalue weighted by atomic mass is 10.4. The third kappa shape index (κ3) is 2.65. The first kappa shape index (κ1) is 12.3. The van der Waals surface area contributed by atoms with Crippen LogP contribution in [0, 0.1) is 0 Å². The van der Waals surface area contributed by atoms with Crippen molar-refractivity contribution in [2.75, 3.05) is 24.6 Å². The zero-order valence-corrected chi connectivity index (χ0v) is 11.4. The predicted molar refractivity (Wildman–Crippen MR) is 77.2 cm³/mol. The predicted octanol–water partition coefficient (Wildman–Crippen LogP) is 0.593. The number of rotatable bonds is 2. The van der Waals surface area contributed by atoms with Crippen LogP contribution in [0.4, 0.5) is 0 Å². The number of nitrogens with two attached hydrogens (primary N) is 1. The van der Waals surface area contributed by atoms with E-state index in [1.807, 2.05) is 40.6 Å². The smallest absolute Gasteiger partial charge is 0.191 e. The van der Waals surface area contributed by atoms with Gasteiger partial charge in [0.1, 0.15) is 6.54 Å². The molecule has 0 unspecified atom stereocenters. The van der Waals surface area contributed by atoms with Gasteiger partial charge in [-0.1, -0.05) is 6.07 Å². The Hall–Kier alpha value is -1.76. The second-order valence-corrected chi connectivity index (χ2v) is 5.54. The van der Waals surface area contributed by atoms with E-state index >= 15 is 0 Å². The summed E-state index contributed by atoms with van der Waals surface area (Å²) in [7, 11) is 0. The Bertz CT molecular complexity index is 587. The molecule has 0 aliphatic carbocycles. The molecule has 1 saturated heterocycles. The Morgan fingerprint density at radius 3 is 3.00 bits per heavy atom. The van der Waals surface area contributed by atoms with Gasteiger partial charge in [-0.2, -0.15) is 11.8 Å². The number of pyridine rings is 1. The molecule has 7 heteroatoms. The molecule has 0 radical (unpaired) electrons. The maximum Gasteiger partial charge on any atom is 0.191 e. The molecule has 100 valence electrons. The van der Waals surface area contributed by atoms with Crippen LogP contribution in [-0.4, -0.2) is 50.1 Å². The molecule has 0 amide bonds. The summed E-state index contributed by atoms with van der Waals surface area (Å²) in [6, 6.07) is 5.82. The van der Waals surface area contributed by atoms with E-state index in [0.29, 0.717) is 12.5 Å².